The molecule has 3 rings (SSSR count). The van der Waals surface area contributed by atoms with Gasteiger partial charge in [0.1, 0.15) is 0 Å². The molecule has 0 bridgehead atoms. The molecule has 0 saturated carbocycles. The zero-order valence-electron chi connectivity index (χ0n) is 17.9. The molecule has 6 heteroatoms. The van der Waals surface area contributed by atoms with E-state index in [2.05, 4.69) is 78.6 Å². The number of hydrogen-bond acceptors (Lipinski definition) is 4. The Bertz CT molecular complexity index is 835. The van der Waals surface area contributed by atoms with Crippen LogP contribution in [0.1, 0.15) is 57.1 Å². The van der Waals surface area contributed by atoms with Crippen molar-refractivity contribution in [3.05, 3.63) is 59.7 Å². The van der Waals surface area contributed by atoms with Crippen molar-refractivity contribution in [3.8, 4) is 0 Å². The van der Waals surface area contributed by atoms with Gasteiger partial charge in [-0.25, -0.2) is 4.99 Å². The third-order valence-electron chi connectivity index (χ3n) is 4.51. The number of nitrogens with one attached hydrogen (secondary N) is 2. The molecule has 156 valence electrons. The molecule has 0 fully saturated rings. The zero-order valence-corrected chi connectivity index (χ0v) is 17.9. The molecule has 1 aliphatic heterocycles. The minimum Gasteiger partial charge on any atom is -0.370 e. The van der Waals surface area contributed by atoms with Crippen LogP contribution in [-0.2, 0) is 0 Å². The number of guanidine groups is 2. The van der Waals surface area contributed by atoms with Crippen molar-refractivity contribution in [1.29, 1.82) is 0 Å². The van der Waals surface area contributed by atoms with Crippen LogP contribution in [-0.4, -0.2) is 25.0 Å². The Morgan fingerprint density at radius 2 is 1.66 bits per heavy atom. The molecule has 0 aliphatic carbocycles. The van der Waals surface area contributed by atoms with E-state index in [-0.39, 0.29) is 5.96 Å². The minimum absolute atomic E-state index is 0.0981. The number of aliphatic imine (C=N–C) groups is 2. The van der Waals surface area contributed by atoms with Crippen LogP contribution in [0.3, 0.4) is 0 Å². The molecule has 2 aromatic rings. The molecule has 0 radical (unpaired) electrons. The third-order valence-corrected chi connectivity index (χ3v) is 4.51. The average molecular weight is 395 g/mol. The number of benzene rings is 2. The first-order valence-corrected chi connectivity index (χ1v) is 10.2. The summed E-state index contributed by atoms with van der Waals surface area (Å²) in [7, 11) is 0. The largest absolute Gasteiger partial charge is 0.370 e. The van der Waals surface area contributed by atoms with Crippen molar-refractivity contribution in [1.82, 2.24) is 5.32 Å². The predicted octanol–water partition coefficient (Wildman–Crippen LogP) is 4.29. The summed E-state index contributed by atoms with van der Waals surface area (Å²) in [5, 5.41) is 6.57. The zero-order chi connectivity index (χ0) is 21.2. The molecule has 6 N–H and O–H groups in total. The Labute approximate surface area is 174 Å². The fraction of sp³-hybridized carbons (Fsp3) is 0.391. The van der Waals surface area contributed by atoms with E-state index in [1.54, 1.807) is 0 Å². The molecule has 29 heavy (non-hydrogen) atoms. The highest BCUT2D eigenvalue weighted by molar-refractivity contribution is 5.94. The molecular weight excluding hydrogens is 360 g/mol. The molecule has 6 nitrogen and oxygen atoms in total. The molecule has 0 atom stereocenters. The van der Waals surface area contributed by atoms with Crippen molar-refractivity contribution < 1.29 is 0 Å². The highest BCUT2D eigenvalue weighted by atomic mass is 15.2. The van der Waals surface area contributed by atoms with Gasteiger partial charge in [-0.15, -0.1) is 0 Å². The smallest absolute Gasteiger partial charge is 0.195 e. The Morgan fingerprint density at radius 1 is 1.00 bits per heavy atom. The number of rotatable bonds is 4. The Hall–Kier alpha value is -3.02. The first-order chi connectivity index (χ1) is 13.8. The van der Waals surface area contributed by atoms with Gasteiger partial charge in [-0.1, -0.05) is 52.0 Å². The summed E-state index contributed by atoms with van der Waals surface area (Å²) in [6, 6.07) is 16.4. The normalized spacial score (nSPS) is 13.1. The average Bonchev–Trinajstić information content (AvgIpc) is 2.69. The lowest BCUT2D eigenvalue weighted by Crippen LogP contribution is -2.35. The highest BCUT2D eigenvalue weighted by Crippen LogP contribution is 2.20. The van der Waals surface area contributed by atoms with Crippen LogP contribution in [0.15, 0.2) is 58.5 Å². The van der Waals surface area contributed by atoms with E-state index in [1.165, 1.54) is 11.1 Å². The van der Waals surface area contributed by atoms with E-state index in [9.17, 15) is 0 Å². The van der Waals surface area contributed by atoms with E-state index in [4.69, 9.17) is 11.5 Å². The molecule has 0 saturated heterocycles. The molecule has 0 aromatic heterocycles. The number of nitrogens with zero attached hydrogens (tertiary/aromatic N) is 2. The number of hydrogen-bond donors (Lipinski definition) is 4. The Morgan fingerprint density at radius 3 is 2.24 bits per heavy atom. The van der Waals surface area contributed by atoms with E-state index < -0.39 is 0 Å². The summed E-state index contributed by atoms with van der Waals surface area (Å²) < 4.78 is 0. The summed E-state index contributed by atoms with van der Waals surface area (Å²) in [4.78, 5) is 8.37. The standard InChI is InChI=1S/C13H19N3.C10H15N3/c1-10(2)11-5-3-6-12(9-11)16-13-14-7-4-8-15-13;1-7(2)8-4-3-5-9(6-8)13-10(11)12/h3,5-6,9-10H,4,7-8H2,1-2H3,(H2,14,15,16);3-7H,1-2H3,(H4,11,12,13). The van der Waals surface area contributed by atoms with Gasteiger partial charge in [0, 0.05) is 18.8 Å². The fourth-order valence-corrected chi connectivity index (χ4v) is 2.83. The van der Waals surface area contributed by atoms with Gasteiger partial charge in [0.25, 0.3) is 0 Å². The van der Waals surface area contributed by atoms with Crippen molar-refractivity contribution in [3.63, 3.8) is 0 Å². The van der Waals surface area contributed by atoms with Gasteiger partial charge in [0.2, 0.25) is 0 Å². The summed E-state index contributed by atoms with van der Waals surface area (Å²) in [5.41, 5.74) is 15.1. The second-order valence-electron chi connectivity index (χ2n) is 7.70. The van der Waals surface area contributed by atoms with E-state index >= 15 is 0 Å². The quantitative estimate of drug-likeness (QED) is 0.459. The van der Waals surface area contributed by atoms with Gasteiger partial charge < -0.3 is 22.1 Å². The van der Waals surface area contributed by atoms with E-state index in [1.807, 2.05) is 18.2 Å². The molecular formula is C23H34N6. The molecule has 0 unspecified atom stereocenters. The molecule has 1 aliphatic rings. The van der Waals surface area contributed by atoms with Crippen LogP contribution in [0.2, 0.25) is 0 Å². The maximum atomic E-state index is 5.28. The lowest BCUT2D eigenvalue weighted by molar-refractivity contribution is 0.740. The molecule has 0 amide bonds. The van der Waals surface area contributed by atoms with Crippen molar-refractivity contribution in [2.24, 2.45) is 21.5 Å². The maximum absolute atomic E-state index is 5.28. The summed E-state index contributed by atoms with van der Waals surface area (Å²) >= 11 is 0. The van der Waals surface area contributed by atoms with Crippen LogP contribution >= 0.6 is 0 Å². The van der Waals surface area contributed by atoms with Gasteiger partial charge >= 0.3 is 0 Å². The molecule has 0 spiro atoms. The Balaban J connectivity index is 0.000000212. The van der Waals surface area contributed by atoms with Crippen molar-refractivity contribution in [2.45, 2.75) is 46.0 Å². The second kappa shape index (κ2) is 11.1. The number of anilines is 1. The first kappa shape index (κ1) is 22.3. The van der Waals surface area contributed by atoms with Gasteiger partial charge in [0.15, 0.2) is 11.9 Å². The van der Waals surface area contributed by atoms with Crippen LogP contribution in [0.25, 0.3) is 0 Å². The SMILES string of the molecule is CC(C)c1cccc(N=C(N)N)c1.CC(C)c1cccc(NC2=NCCCN2)c1. The summed E-state index contributed by atoms with van der Waals surface area (Å²) in [6.07, 6.45) is 1.12. The lowest BCUT2D eigenvalue weighted by Gasteiger charge is -2.16. The van der Waals surface area contributed by atoms with Crippen LogP contribution in [0, 0.1) is 0 Å². The second-order valence-corrected chi connectivity index (χ2v) is 7.70. The van der Waals surface area contributed by atoms with Crippen LogP contribution in [0.5, 0.6) is 0 Å². The fourth-order valence-electron chi connectivity index (χ4n) is 2.83. The number of nitrogens with two attached hydrogens (primary N) is 2. The Kier molecular flexibility index (Phi) is 8.52. The van der Waals surface area contributed by atoms with Gasteiger partial charge in [-0.3, -0.25) is 4.99 Å². The molecule has 2 aromatic carbocycles. The highest BCUT2D eigenvalue weighted by Gasteiger charge is 2.05. The van der Waals surface area contributed by atoms with E-state index in [0.29, 0.717) is 11.8 Å². The third kappa shape index (κ3) is 7.86. The predicted molar refractivity (Wildman–Crippen MR) is 125 cm³/mol. The van der Waals surface area contributed by atoms with Gasteiger partial charge in [-0.05, 0) is 53.6 Å². The molecule has 1 heterocycles. The summed E-state index contributed by atoms with van der Waals surface area (Å²) in [6.45, 7) is 10.6. The van der Waals surface area contributed by atoms with Gasteiger partial charge in [0.05, 0.1) is 5.69 Å². The minimum atomic E-state index is 0.0981. The van der Waals surface area contributed by atoms with Gasteiger partial charge in [-0.2, -0.15) is 0 Å². The van der Waals surface area contributed by atoms with E-state index in [0.717, 1.165) is 36.8 Å². The summed E-state index contributed by atoms with van der Waals surface area (Å²) in [5.74, 6) is 2.05. The lowest BCUT2D eigenvalue weighted by atomic mass is 10.0. The monoisotopic (exact) mass is 394 g/mol. The van der Waals surface area contributed by atoms with Crippen molar-refractivity contribution >= 4 is 23.3 Å². The van der Waals surface area contributed by atoms with Crippen LogP contribution in [0.4, 0.5) is 11.4 Å². The van der Waals surface area contributed by atoms with Crippen molar-refractivity contribution in [2.75, 3.05) is 18.4 Å². The first-order valence-electron chi connectivity index (χ1n) is 10.2. The maximum Gasteiger partial charge on any atom is 0.195 e. The topological polar surface area (TPSA) is 101 Å². The van der Waals surface area contributed by atoms with Crippen LogP contribution < -0.4 is 22.1 Å².